The third kappa shape index (κ3) is 3.94. The number of nitrogens with one attached hydrogen (secondary N) is 1. The topological polar surface area (TPSA) is 64.0 Å². The summed E-state index contributed by atoms with van der Waals surface area (Å²) >= 11 is 0. The minimum Gasteiger partial charge on any atom is -0.344 e. The first kappa shape index (κ1) is 18.6. The van der Waals surface area contributed by atoms with Gasteiger partial charge >= 0.3 is 0 Å². The van der Waals surface area contributed by atoms with Crippen molar-refractivity contribution in [3.63, 3.8) is 0 Å². The summed E-state index contributed by atoms with van der Waals surface area (Å²) in [6.45, 7) is 1.66. The highest BCUT2D eigenvalue weighted by molar-refractivity contribution is 5.79. The van der Waals surface area contributed by atoms with Crippen LogP contribution < -0.4 is 10.9 Å². The predicted molar refractivity (Wildman–Crippen MR) is 114 cm³/mol. The summed E-state index contributed by atoms with van der Waals surface area (Å²) in [6.07, 6.45) is 0. The van der Waals surface area contributed by atoms with Gasteiger partial charge in [-0.05, 0) is 30.2 Å². The lowest BCUT2D eigenvalue weighted by molar-refractivity contribution is -0.122. The van der Waals surface area contributed by atoms with E-state index in [9.17, 15) is 9.59 Å². The standard InChI is InChI=1S/C24H21N3O2/c1-17-25-21-15-9-8-14-20(21)24(29)27(17)16-22(28)26-23(18-10-4-2-5-11-18)19-12-6-3-7-13-19/h2-15,23H,16H2,1H3,(H,26,28). The van der Waals surface area contributed by atoms with Crippen molar-refractivity contribution in [1.29, 1.82) is 0 Å². The first-order valence-electron chi connectivity index (χ1n) is 9.49. The first-order chi connectivity index (χ1) is 14.1. The molecule has 0 aliphatic carbocycles. The smallest absolute Gasteiger partial charge is 0.261 e. The maximum absolute atomic E-state index is 12.9. The van der Waals surface area contributed by atoms with Crippen molar-refractivity contribution >= 4 is 16.8 Å². The van der Waals surface area contributed by atoms with E-state index in [1.165, 1.54) is 4.57 Å². The van der Waals surface area contributed by atoms with Gasteiger partial charge < -0.3 is 5.32 Å². The summed E-state index contributed by atoms with van der Waals surface area (Å²) in [5.41, 5.74) is 2.39. The number of aromatic nitrogens is 2. The molecule has 0 unspecified atom stereocenters. The van der Waals surface area contributed by atoms with Gasteiger partial charge in [-0.2, -0.15) is 0 Å². The normalized spacial score (nSPS) is 11.0. The molecule has 0 saturated carbocycles. The maximum atomic E-state index is 12.9. The monoisotopic (exact) mass is 383 g/mol. The zero-order valence-electron chi connectivity index (χ0n) is 16.1. The molecule has 0 atom stereocenters. The Morgan fingerprint density at radius 2 is 1.45 bits per heavy atom. The van der Waals surface area contributed by atoms with Crippen LogP contribution in [0, 0.1) is 6.92 Å². The van der Waals surface area contributed by atoms with Crippen LogP contribution in [-0.4, -0.2) is 15.5 Å². The van der Waals surface area contributed by atoms with Crippen LogP contribution in [0.4, 0.5) is 0 Å². The van der Waals surface area contributed by atoms with E-state index in [1.54, 1.807) is 25.1 Å². The molecule has 1 N–H and O–H groups in total. The van der Waals surface area contributed by atoms with Gasteiger partial charge in [0.2, 0.25) is 5.91 Å². The van der Waals surface area contributed by atoms with E-state index in [0.29, 0.717) is 16.7 Å². The van der Waals surface area contributed by atoms with Gasteiger partial charge in [-0.25, -0.2) is 4.98 Å². The largest absolute Gasteiger partial charge is 0.344 e. The Hall–Kier alpha value is -3.73. The van der Waals surface area contributed by atoms with Gasteiger partial charge in [-0.15, -0.1) is 0 Å². The van der Waals surface area contributed by atoms with Crippen LogP contribution in [0.3, 0.4) is 0 Å². The van der Waals surface area contributed by atoms with E-state index in [1.807, 2.05) is 66.7 Å². The molecular formula is C24H21N3O2. The lowest BCUT2D eigenvalue weighted by atomic mass is 9.99. The van der Waals surface area contributed by atoms with Crippen LogP contribution in [0.5, 0.6) is 0 Å². The van der Waals surface area contributed by atoms with Crippen molar-refractivity contribution in [3.05, 3.63) is 112 Å². The van der Waals surface area contributed by atoms with Crippen molar-refractivity contribution in [1.82, 2.24) is 14.9 Å². The number of hydrogen-bond donors (Lipinski definition) is 1. The van der Waals surface area contributed by atoms with Crippen molar-refractivity contribution in [2.24, 2.45) is 0 Å². The summed E-state index contributed by atoms with van der Waals surface area (Å²) in [7, 11) is 0. The van der Waals surface area contributed by atoms with Crippen LogP contribution >= 0.6 is 0 Å². The van der Waals surface area contributed by atoms with Gasteiger partial charge in [0.15, 0.2) is 0 Å². The van der Waals surface area contributed by atoms with Gasteiger partial charge in [-0.3, -0.25) is 14.2 Å². The van der Waals surface area contributed by atoms with Crippen molar-refractivity contribution in [3.8, 4) is 0 Å². The van der Waals surface area contributed by atoms with Crippen LogP contribution in [0.1, 0.15) is 23.0 Å². The van der Waals surface area contributed by atoms with Gasteiger partial charge in [0.1, 0.15) is 12.4 Å². The van der Waals surface area contributed by atoms with Crippen LogP contribution in [0.2, 0.25) is 0 Å². The van der Waals surface area contributed by atoms with Crippen LogP contribution in [-0.2, 0) is 11.3 Å². The van der Waals surface area contributed by atoms with E-state index in [4.69, 9.17) is 0 Å². The molecule has 4 rings (SSSR count). The van der Waals surface area contributed by atoms with E-state index in [2.05, 4.69) is 10.3 Å². The molecule has 1 heterocycles. The molecule has 144 valence electrons. The van der Waals surface area contributed by atoms with Gasteiger partial charge in [0.05, 0.1) is 16.9 Å². The highest BCUT2D eigenvalue weighted by atomic mass is 16.2. The van der Waals surface area contributed by atoms with E-state index in [-0.39, 0.29) is 24.1 Å². The Bertz CT molecular complexity index is 1160. The number of benzene rings is 3. The molecule has 0 bridgehead atoms. The molecule has 29 heavy (non-hydrogen) atoms. The van der Waals surface area contributed by atoms with Gasteiger partial charge in [0.25, 0.3) is 5.56 Å². The fourth-order valence-corrected chi connectivity index (χ4v) is 3.47. The van der Waals surface area contributed by atoms with Crippen LogP contribution in [0.15, 0.2) is 89.7 Å². The van der Waals surface area contributed by atoms with E-state index >= 15 is 0 Å². The molecule has 0 saturated heterocycles. The average Bonchev–Trinajstić information content (AvgIpc) is 2.76. The molecule has 3 aromatic carbocycles. The lowest BCUT2D eigenvalue weighted by Crippen LogP contribution is -2.36. The quantitative estimate of drug-likeness (QED) is 0.573. The number of rotatable bonds is 5. The molecule has 1 amide bonds. The summed E-state index contributed by atoms with van der Waals surface area (Å²) in [4.78, 5) is 30.2. The third-order valence-electron chi connectivity index (χ3n) is 4.93. The van der Waals surface area contributed by atoms with Crippen molar-refractivity contribution in [2.45, 2.75) is 19.5 Å². The number of hydrogen-bond acceptors (Lipinski definition) is 3. The summed E-state index contributed by atoms with van der Waals surface area (Å²) in [5, 5.41) is 3.58. The second kappa shape index (κ2) is 8.10. The van der Waals surface area contributed by atoms with Gasteiger partial charge in [0, 0.05) is 0 Å². The summed E-state index contributed by atoms with van der Waals surface area (Å²) in [5.74, 6) is 0.268. The minimum atomic E-state index is -0.297. The lowest BCUT2D eigenvalue weighted by Gasteiger charge is -2.20. The Morgan fingerprint density at radius 1 is 0.897 bits per heavy atom. The molecule has 5 heteroatoms. The molecule has 5 nitrogen and oxygen atoms in total. The zero-order chi connectivity index (χ0) is 20.2. The molecule has 0 aliphatic heterocycles. The number of nitrogens with zero attached hydrogens (tertiary/aromatic N) is 2. The average molecular weight is 383 g/mol. The Labute approximate surface area is 168 Å². The number of aryl methyl sites for hydroxylation is 1. The molecule has 0 spiro atoms. The number of carbonyl (C=O) groups excluding carboxylic acids is 1. The molecule has 0 aliphatic rings. The fourth-order valence-electron chi connectivity index (χ4n) is 3.47. The van der Waals surface area contributed by atoms with E-state index < -0.39 is 0 Å². The Balaban J connectivity index is 1.64. The van der Waals surface area contributed by atoms with E-state index in [0.717, 1.165) is 11.1 Å². The predicted octanol–water partition coefficient (Wildman–Crippen LogP) is 3.61. The molecule has 0 radical (unpaired) electrons. The highest BCUT2D eigenvalue weighted by Crippen LogP contribution is 2.21. The maximum Gasteiger partial charge on any atom is 0.261 e. The summed E-state index contributed by atoms with van der Waals surface area (Å²) in [6, 6.07) is 26.5. The second-order valence-electron chi connectivity index (χ2n) is 6.89. The molecule has 0 fully saturated rings. The minimum absolute atomic E-state index is 0.0847. The molecular weight excluding hydrogens is 362 g/mol. The zero-order valence-corrected chi connectivity index (χ0v) is 16.1. The molecule has 1 aromatic heterocycles. The number of para-hydroxylation sites is 1. The highest BCUT2D eigenvalue weighted by Gasteiger charge is 2.18. The van der Waals surface area contributed by atoms with Crippen LogP contribution in [0.25, 0.3) is 10.9 Å². The molecule has 4 aromatic rings. The Morgan fingerprint density at radius 3 is 2.07 bits per heavy atom. The van der Waals surface area contributed by atoms with Crippen molar-refractivity contribution in [2.75, 3.05) is 0 Å². The Kier molecular flexibility index (Phi) is 5.20. The third-order valence-corrected chi connectivity index (χ3v) is 4.93. The number of fused-ring (bicyclic) bond motifs is 1. The summed E-state index contributed by atoms with van der Waals surface area (Å²) < 4.78 is 1.42. The fraction of sp³-hybridized carbons (Fsp3) is 0.125. The second-order valence-corrected chi connectivity index (χ2v) is 6.89. The van der Waals surface area contributed by atoms with Crippen molar-refractivity contribution < 1.29 is 4.79 Å². The first-order valence-corrected chi connectivity index (χ1v) is 9.49. The van der Waals surface area contributed by atoms with Gasteiger partial charge in [-0.1, -0.05) is 72.8 Å². The number of carbonyl (C=O) groups is 1. The SMILES string of the molecule is Cc1nc2ccccc2c(=O)n1CC(=O)NC(c1ccccc1)c1ccccc1. The number of amides is 1.